The van der Waals surface area contributed by atoms with E-state index in [9.17, 15) is 8.42 Å². The summed E-state index contributed by atoms with van der Waals surface area (Å²) in [7, 11) is -3.16. The van der Waals surface area contributed by atoms with Crippen LogP contribution in [0.5, 0.6) is 0 Å². The molecule has 0 bridgehead atoms. The van der Waals surface area contributed by atoms with Crippen molar-refractivity contribution < 1.29 is 12.8 Å². The summed E-state index contributed by atoms with van der Waals surface area (Å²) < 4.78 is 29.9. The molecule has 0 saturated carbocycles. The molecule has 0 atom stereocenters. The zero-order valence-electron chi connectivity index (χ0n) is 13.7. The molecule has 126 valence electrons. The van der Waals surface area contributed by atoms with E-state index >= 15 is 0 Å². The first-order valence-corrected chi connectivity index (χ1v) is 10.0. The first-order valence-electron chi connectivity index (χ1n) is 7.17. The molecular formula is C15H21N3O3S2. The minimum atomic E-state index is -3.16. The molecule has 0 aliphatic carbocycles. The molecule has 0 spiro atoms. The number of aromatic nitrogens is 2. The summed E-state index contributed by atoms with van der Waals surface area (Å²) in [5.74, 6) is 0.988. The van der Waals surface area contributed by atoms with E-state index in [4.69, 9.17) is 4.42 Å². The SMILES string of the molecule is CC(C)(C)c1ccc(-c2nnc(SCCNS(C)(=O)=O)o2)cc1. The van der Waals surface area contributed by atoms with E-state index in [0.717, 1.165) is 11.8 Å². The lowest BCUT2D eigenvalue weighted by Gasteiger charge is -2.18. The number of nitrogens with one attached hydrogen (secondary N) is 1. The molecule has 0 fully saturated rings. The molecule has 0 unspecified atom stereocenters. The second kappa shape index (κ2) is 7.02. The highest BCUT2D eigenvalue weighted by molar-refractivity contribution is 7.99. The molecule has 2 rings (SSSR count). The maximum absolute atomic E-state index is 11.0. The fourth-order valence-electron chi connectivity index (χ4n) is 1.86. The molecule has 1 aromatic heterocycles. The normalized spacial score (nSPS) is 12.5. The zero-order valence-corrected chi connectivity index (χ0v) is 15.3. The number of sulfonamides is 1. The first kappa shape index (κ1) is 18.0. The van der Waals surface area contributed by atoms with Crippen LogP contribution >= 0.6 is 11.8 Å². The van der Waals surface area contributed by atoms with Crippen LogP contribution in [-0.4, -0.2) is 37.2 Å². The molecule has 23 heavy (non-hydrogen) atoms. The second-order valence-electron chi connectivity index (χ2n) is 6.22. The molecule has 2 aromatic rings. The maximum atomic E-state index is 11.0. The number of rotatable bonds is 6. The Balaban J connectivity index is 1.96. The van der Waals surface area contributed by atoms with Crippen LogP contribution in [0.2, 0.25) is 0 Å². The van der Waals surface area contributed by atoms with Gasteiger partial charge in [0, 0.05) is 17.9 Å². The van der Waals surface area contributed by atoms with E-state index in [0.29, 0.717) is 23.4 Å². The molecule has 8 heteroatoms. The predicted molar refractivity (Wildman–Crippen MR) is 92.0 cm³/mol. The third kappa shape index (κ3) is 5.63. The minimum Gasteiger partial charge on any atom is -0.411 e. The molecular weight excluding hydrogens is 334 g/mol. The van der Waals surface area contributed by atoms with Crippen molar-refractivity contribution in [3.63, 3.8) is 0 Å². The topological polar surface area (TPSA) is 85.1 Å². The average Bonchev–Trinajstić information content (AvgIpc) is 2.91. The Kier molecular flexibility index (Phi) is 5.49. The van der Waals surface area contributed by atoms with Gasteiger partial charge >= 0.3 is 0 Å². The van der Waals surface area contributed by atoms with Crippen molar-refractivity contribution in [1.82, 2.24) is 14.9 Å². The lowest BCUT2D eigenvalue weighted by Crippen LogP contribution is -2.24. The number of hydrogen-bond acceptors (Lipinski definition) is 6. The fraction of sp³-hybridized carbons (Fsp3) is 0.467. The maximum Gasteiger partial charge on any atom is 0.276 e. The standard InChI is InChI=1S/C15H21N3O3S2/c1-15(2,3)12-7-5-11(6-8-12)13-17-18-14(21-13)22-10-9-16-23(4,19)20/h5-8,16H,9-10H2,1-4H3. The van der Waals surface area contributed by atoms with Crippen LogP contribution in [0.15, 0.2) is 33.9 Å². The average molecular weight is 355 g/mol. The van der Waals surface area contributed by atoms with Gasteiger partial charge in [0.15, 0.2) is 0 Å². The van der Waals surface area contributed by atoms with Crippen LogP contribution in [0, 0.1) is 0 Å². The zero-order chi connectivity index (χ0) is 17.1. The summed E-state index contributed by atoms with van der Waals surface area (Å²) in [5.41, 5.74) is 2.20. The Morgan fingerprint density at radius 1 is 1.17 bits per heavy atom. The lowest BCUT2D eigenvalue weighted by molar-refractivity contribution is 0.466. The van der Waals surface area contributed by atoms with Crippen LogP contribution in [0.3, 0.4) is 0 Å². The van der Waals surface area contributed by atoms with Gasteiger partial charge < -0.3 is 4.42 Å². The van der Waals surface area contributed by atoms with E-state index in [-0.39, 0.29) is 5.41 Å². The summed E-state index contributed by atoms with van der Waals surface area (Å²) in [6.07, 6.45) is 1.13. The van der Waals surface area contributed by atoms with Crippen molar-refractivity contribution in [3.05, 3.63) is 29.8 Å². The summed E-state index contributed by atoms with van der Waals surface area (Å²) in [5, 5.41) is 8.42. The van der Waals surface area contributed by atoms with Gasteiger partial charge in [-0.2, -0.15) is 0 Å². The summed E-state index contributed by atoms with van der Waals surface area (Å²) in [4.78, 5) is 0. The van der Waals surface area contributed by atoms with E-state index in [1.165, 1.54) is 17.3 Å². The van der Waals surface area contributed by atoms with Crippen molar-refractivity contribution in [2.45, 2.75) is 31.4 Å². The van der Waals surface area contributed by atoms with Crippen molar-refractivity contribution >= 4 is 21.8 Å². The lowest BCUT2D eigenvalue weighted by atomic mass is 9.87. The third-order valence-electron chi connectivity index (χ3n) is 3.10. The van der Waals surface area contributed by atoms with Crippen LogP contribution < -0.4 is 4.72 Å². The van der Waals surface area contributed by atoms with E-state index in [2.05, 4.69) is 47.8 Å². The Morgan fingerprint density at radius 2 is 1.83 bits per heavy atom. The highest BCUT2D eigenvalue weighted by atomic mass is 32.2. The van der Waals surface area contributed by atoms with Crippen molar-refractivity contribution in [1.29, 1.82) is 0 Å². The first-order chi connectivity index (χ1) is 10.6. The Labute approximate surface area is 141 Å². The van der Waals surface area contributed by atoms with Crippen LogP contribution in [0.25, 0.3) is 11.5 Å². The van der Waals surface area contributed by atoms with Crippen LogP contribution in [-0.2, 0) is 15.4 Å². The van der Waals surface area contributed by atoms with Crippen molar-refractivity contribution in [3.8, 4) is 11.5 Å². The van der Waals surface area contributed by atoms with E-state index < -0.39 is 10.0 Å². The number of nitrogens with zero attached hydrogens (tertiary/aromatic N) is 2. The number of thioether (sulfide) groups is 1. The molecule has 0 aliphatic heterocycles. The van der Waals surface area contributed by atoms with Gasteiger partial charge in [-0.25, -0.2) is 13.1 Å². The van der Waals surface area contributed by atoms with Crippen molar-refractivity contribution in [2.24, 2.45) is 0 Å². The van der Waals surface area contributed by atoms with Gasteiger partial charge in [0.1, 0.15) is 0 Å². The monoisotopic (exact) mass is 355 g/mol. The molecule has 0 saturated heterocycles. The van der Waals surface area contributed by atoms with E-state index in [1.54, 1.807) is 0 Å². The quantitative estimate of drug-likeness (QED) is 0.633. The summed E-state index contributed by atoms with van der Waals surface area (Å²) >= 11 is 1.32. The van der Waals surface area contributed by atoms with Crippen molar-refractivity contribution in [2.75, 3.05) is 18.6 Å². The molecule has 0 radical (unpaired) electrons. The molecule has 0 amide bonds. The fourth-order valence-corrected chi connectivity index (χ4v) is 3.08. The molecule has 1 N–H and O–H groups in total. The van der Waals surface area contributed by atoms with Gasteiger partial charge in [-0.3, -0.25) is 0 Å². The van der Waals surface area contributed by atoms with Gasteiger partial charge in [-0.1, -0.05) is 44.7 Å². The smallest absolute Gasteiger partial charge is 0.276 e. The van der Waals surface area contributed by atoms with Gasteiger partial charge in [0.05, 0.1) is 6.26 Å². The van der Waals surface area contributed by atoms with Gasteiger partial charge in [0.25, 0.3) is 5.22 Å². The van der Waals surface area contributed by atoms with Gasteiger partial charge in [0.2, 0.25) is 15.9 Å². The summed E-state index contributed by atoms with van der Waals surface area (Å²) in [6, 6.07) is 8.05. The third-order valence-corrected chi connectivity index (χ3v) is 4.64. The highest BCUT2D eigenvalue weighted by Crippen LogP contribution is 2.27. The van der Waals surface area contributed by atoms with Gasteiger partial charge in [-0.05, 0) is 23.1 Å². The Morgan fingerprint density at radius 3 is 2.39 bits per heavy atom. The highest BCUT2D eigenvalue weighted by Gasteiger charge is 2.14. The van der Waals surface area contributed by atoms with Crippen LogP contribution in [0.1, 0.15) is 26.3 Å². The second-order valence-corrected chi connectivity index (χ2v) is 9.09. The number of benzene rings is 1. The largest absolute Gasteiger partial charge is 0.411 e. The molecule has 1 heterocycles. The molecule has 0 aliphatic rings. The van der Waals surface area contributed by atoms with E-state index in [1.807, 2.05) is 12.1 Å². The molecule has 1 aromatic carbocycles. The number of hydrogen-bond donors (Lipinski definition) is 1. The van der Waals surface area contributed by atoms with Gasteiger partial charge in [-0.15, -0.1) is 10.2 Å². The molecule has 6 nitrogen and oxygen atoms in total. The minimum absolute atomic E-state index is 0.0982. The predicted octanol–water partition coefficient (Wildman–Crippen LogP) is 2.68. The van der Waals surface area contributed by atoms with Crippen LogP contribution in [0.4, 0.5) is 0 Å². The summed E-state index contributed by atoms with van der Waals surface area (Å²) in [6.45, 7) is 6.80. The Hall–Kier alpha value is -1.38. The Bertz CT molecular complexity index is 747.